The molecule has 4 heterocycles. The van der Waals surface area contributed by atoms with Gasteiger partial charge in [0.05, 0.1) is 53.1 Å². The molecule has 1 N–H and O–H groups in total. The van der Waals surface area contributed by atoms with Gasteiger partial charge < -0.3 is 42.6 Å². The second-order valence-electron chi connectivity index (χ2n) is 13.4. The lowest BCUT2D eigenvalue weighted by Crippen LogP contribution is -2.58. The molecule has 2 saturated heterocycles. The molecule has 4 aliphatic rings. The molecule has 2 aromatic carbocycles. The van der Waals surface area contributed by atoms with E-state index in [2.05, 4.69) is 16.0 Å². The van der Waals surface area contributed by atoms with Gasteiger partial charge in [0.15, 0.2) is 21.3 Å². The predicted octanol–water partition coefficient (Wildman–Crippen LogP) is 4.47. The summed E-state index contributed by atoms with van der Waals surface area (Å²) in [6.45, 7) is 2.74. The van der Waals surface area contributed by atoms with E-state index in [9.17, 15) is 9.59 Å². The summed E-state index contributed by atoms with van der Waals surface area (Å²) in [5.41, 5.74) is 3.83. The van der Waals surface area contributed by atoms with Crippen LogP contribution in [-0.2, 0) is 29.9 Å². The van der Waals surface area contributed by atoms with E-state index < -0.39 is 24.1 Å². The number of hydrogen-bond donors (Lipinski definition) is 1. The number of piperidine rings is 1. The van der Waals surface area contributed by atoms with E-state index in [0.29, 0.717) is 23.7 Å². The maximum atomic E-state index is 13.5. The lowest BCUT2D eigenvalue weighted by Gasteiger charge is -2.52. The number of methoxy groups -OCH3 is 6. The predicted molar refractivity (Wildman–Crippen MR) is 189 cm³/mol. The molecule has 0 radical (unpaired) electrons. The highest BCUT2D eigenvalue weighted by Gasteiger charge is 2.54. The Morgan fingerprint density at radius 2 is 1.72 bits per heavy atom. The van der Waals surface area contributed by atoms with Gasteiger partial charge >= 0.3 is 11.9 Å². The third-order valence-electron chi connectivity index (χ3n) is 10.8. The van der Waals surface area contributed by atoms with Crippen molar-refractivity contribution in [2.75, 3.05) is 62.4 Å². The first-order chi connectivity index (χ1) is 24.3. The summed E-state index contributed by atoms with van der Waals surface area (Å²) in [5.74, 6) is 0.441. The first kappa shape index (κ1) is 36.0. The normalized spacial score (nSPS) is 26.4. The molecule has 6 atom stereocenters. The molecular weight excluding hydrogens is 660 g/mol. The molecular formula is C37H50N2O10Si. The van der Waals surface area contributed by atoms with E-state index in [0.717, 1.165) is 43.8 Å². The molecule has 3 aliphatic heterocycles. The Bertz CT molecular complexity index is 1620. The highest BCUT2D eigenvalue weighted by atomic mass is 28.2. The number of nitrogens with one attached hydrogen (secondary N) is 1. The fourth-order valence-electron chi connectivity index (χ4n) is 8.45. The summed E-state index contributed by atoms with van der Waals surface area (Å²) in [7, 11) is 9.11. The number of nitrogens with zero attached hydrogens (tertiary/aromatic N) is 1. The molecule has 272 valence electrons. The molecule has 13 heteroatoms. The van der Waals surface area contributed by atoms with Crippen molar-refractivity contribution in [1.82, 2.24) is 9.88 Å². The maximum Gasteiger partial charge on any atom is 0.338 e. The molecule has 0 bridgehead atoms. The molecule has 1 aliphatic carbocycles. The quantitative estimate of drug-likeness (QED) is 0.263. The van der Waals surface area contributed by atoms with Gasteiger partial charge in [0.2, 0.25) is 5.75 Å². The molecule has 50 heavy (non-hydrogen) atoms. The van der Waals surface area contributed by atoms with Crippen LogP contribution in [0.1, 0.15) is 53.3 Å². The zero-order chi connectivity index (χ0) is 35.4. The summed E-state index contributed by atoms with van der Waals surface area (Å²) >= 11 is 0. The molecule has 1 aromatic heterocycles. The Labute approximate surface area is 295 Å². The Hall–Kier alpha value is -3.78. The van der Waals surface area contributed by atoms with E-state index in [1.807, 2.05) is 12.1 Å². The largest absolute Gasteiger partial charge is 0.497 e. The van der Waals surface area contributed by atoms with Gasteiger partial charge in [-0.2, -0.15) is 0 Å². The fourth-order valence-corrected chi connectivity index (χ4v) is 9.62. The minimum Gasteiger partial charge on any atom is -0.497 e. The van der Waals surface area contributed by atoms with Gasteiger partial charge in [-0.3, -0.25) is 9.69 Å². The minimum absolute atomic E-state index is 0.00849. The van der Waals surface area contributed by atoms with Crippen LogP contribution in [0.4, 0.5) is 0 Å². The van der Waals surface area contributed by atoms with Crippen molar-refractivity contribution in [2.24, 2.45) is 17.8 Å². The Kier molecular flexibility index (Phi) is 11.6. The fraction of sp³-hybridized carbons (Fsp3) is 0.568. The first-order valence-electron chi connectivity index (χ1n) is 17.5. The van der Waals surface area contributed by atoms with Gasteiger partial charge in [-0.1, -0.05) is 6.42 Å². The van der Waals surface area contributed by atoms with Crippen molar-refractivity contribution < 1.29 is 47.2 Å². The molecule has 1 saturated carbocycles. The van der Waals surface area contributed by atoms with Crippen LogP contribution in [-0.4, -0.2) is 106 Å². The Morgan fingerprint density at radius 3 is 2.30 bits per heavy atom. The maximum absolute atomic E-state index is 13.5. The molecule has 0 amide bonds. The van der Waals surface area contributed by atoms with Crippen molar-refractivity contribution in [2.45, 2.75) is 56.4 Å². The lowest BCUT2D eigenvalue weighted by atomic mass is 9.63. The summed E-state index contributed by atoms with van der Waals surface area (Å²) in [6, 6.07) is 10.8. The molecule has 0 unspecified atom stereocenters. The van der Waals surface area contributed by atoms with Crippen molar-refractivity contribution in [1.29, 1.82) is 0 Å². The van der Waals surface area contributed by atoms with Crippen LogP contribution in [0.25, 0.3) is 10.9 Å². The summed E-state index contributed by atoms with van der Waals surface area (Å²) in [4.78, 5) is 33.1. The summed E-state index contributed by atoms with van der Waals surface area (Å²) in [6.07, 6.45) is 3.67. The third kappa shape index (κ3) is 7.05. The Balaban J connectivity index is 0.000000652. The highest BCUT2D eigenvalue weighted by molar-refractivity contribution is 6.27. The van der Waals surface area contributed by atoms with Crippen LogP contribution in [0.15, 0.2) is 30.3 Å². The van der Waals surface area contributed by atoms with Crippen molar-refractivity contribution in [3.8, 4) is 23.0 Å². The van der Waals surface area contributed by atoms with Crippen LogP contribution >= 0.6 is 0 Å². The monoisotopic (exact) mass is 710 g/mol. The van der Waals surface area contributed by atoms with E-state index in [4.69, 9.17) is 37.6 Å². The first-order valence-corrected chi connectivity index (χ1v) is 19.0. The van der Waals surface area contributed by atoms with Gasteiger partial charge in [0.25, 0.3) is 0 Å². The number of carbonyl (C=O) groups excluding carboxylic acids is 2. The average Bonchev–Trinajstić information content (AvgIpc) is 3.54. The number of esters is 2. The number of aromatic nitrogens is 1. The van der Waals surface area contributed by atoms with Crippen LogP contribution in [0.2, 0.25) is 6.04 Å². The molecule has 12 nitrogen and oxygen atoms in total. The summed E-state index contributed by atoms with van der Waals surface area (Å²) < 4.78 is 44.3. The SMILES string of the molecule is C1CC[SiH2]OC1.COC(=O)[C@H]1[C@H]2C[C@@H]3c4[nH]c5cc(OC)ccc5c4CCN3C[C@H]2C[C@@H](OC(=O)c2cc(OC)c(OC)c(OC)c2)[C@@H]1OC. The Morgan fingerprint density at radius 1 is 0.940 bits per heavy atom. The zero-order valence-corrected chi connectivity index (χ0v) is 31.4. The van der Waals surface area contributed by atoms with Crippen LogP contribution in [0, 0.1) is 17.8 Å². The van der Waals surface area contributed by atoms with Gasteiger partial charge in [0.1, 0.15) is 18.0 Å². The molecule has 3 aromatic rings. The molecule has 7 rings (SSSR count). The summed E-state index contributed by atoms with van der Waals surface area (Å²) in [5, 5.41) is 1.21. The molecule has 3 fully saturated rings. The van der Waals surface area contributed by atoms with Crippen molar-refractivity contribution >= 4 is 32.6 Å². The minimum atomic E-state index is -0.670. The number of rotatable bonds is 8. The highest BCUT2D eigenvalue weighted by Crippen LogP contribution is 2.51. The topological polar surface area (TPSA) is 127 Å². The van der Waals surface area contributed by atoms with Crippen LogP contribution in [0.5, 0.6) is 23.0 Å². The van der Waals surface area contributed by atoms with E-state index in [1.54, 1.807) is 26.4 Å². The number of H-pyrrole nitrogens is 1. The van der Waals surface area contributed by atoms with Gasteiger partial charge in [0, 0.05) is 49.5 Å². The number of benzene rings is 2. The van der Waals surface area contributed by atoms with Crippen LogP contribution in [0.3, 0.4) is 0 Å². The second-order valence-corrected chi connectivity index (χ2v) is 14.9. The zero-order valence-electron chi connectivity index (χ0n) is 30.0. The standard InChI is InChI=1S/C33H40N2O9.C4H10OSi/c1-38-19-7-8-20-21-9-10-35-16-18-13-27(44-32(36)17-11-25(39-2)30(41-4)26(12-17)40-3)31(42-5)28(33(37)43-6)22(18)15-24(35)29(21)34-23(20)14-19;1-2-4-6-5-3-1/h7-8,11-12,14,18,22,24,27-28,31,34H,9-10,13,15-16H2,1-6H3;1-4,6H2/t18-,22+,24-,27-,28+,31+;/m1./s1. The second kappa shape index (κ2) is 16.0. The van der Waals surface area contributed by atoms with Gasteiger partial charge in [-0.25, -0.2) is 4.79 Å². The lowest BCUT2D eigenvalue weighted by molar-refractivity contribution is -0.176. The number of fused-ring (bicyclic) bond motifs is 6. The molecule has 0 spiro atoms. The number of aromatic amines is 1. The average molecular weight is 711 g/mol. The van der Waals surface area contributed by atoms with Crippen molar-refractivity contribution in [3.05, 3.63) is 47.2 Å². The van der Waals surface area contributed by atoms with Gasteiger partial charge in [-0.15, -0.1) is 0 Å². The van der Waals surface area contributed by atoms with Crippen molar-refractivity contribution in [3.63, 3.8) is 0 Å². The number of ether oxygens (including phenoxy) is 7. The van der Waals surface area contributed by atoms with Gasteiger partial charge in [-0.05, 0) is 73.4 Å². The third-order valence-corrected chi connectivity index (χ3v) is 12.2. The number of hydrogen-bond acceptors (Lipinski definition) is 11. The van der Waals surface area contributed by atoms with Crippen LogP contribution < -0.4 is 18.9 Å². The van der Waals surface area contributed by atoms with E-state index in [-0.39, 0.29) is 39.2 Å². The number of carbonyl (C=O) groups is 2. The van der Waals surface area contributed by atoms with E-state index >= 15 is 0 Å². The smallest absolute Gasteiger partial charge is 0.338 e. The van der Waals surface area contributed by atoms with E-state index in [1.165, 1.54) is 64.0 Å².